The van der Waals surface area contributed by atoms with Crippen molar-refractivity contribution < 1.29 is 9.84 Å². The van der Waals surface area contributed by atoms with Gasteiger partial charge in [0, 0.05) is 17.6 Å². The van der Waals surface area contributed by atoms with Gasteiger partial charge in [-0.15, -0.1) is 0 Å². The number of aromatic nitrogens is 2. The molecule has 0 radical (unpaired) electrons. The molecule has 0 fully saturated rings. The lowest BCUT2D eigenvalue weighted by atomic mass is 9.87. The lowest BCUT2D eigenvalue weighted by molar-refractivity contribution is 0.202. The fourth-order valence-corrected chi connectivity index (χ4v) is 3.95. The topological polar surface area (TPSA) is 67.3 Å². The number of rotatable bonds is 5. The third-order valence-electron chi connectivity index (χ3n) is 4.72. The number of aliphatic hydroxyl groups is 1. The third-order valence-corrected chi connectivity index (χ3v) is 5.67. The van der Waals surface area contributed by atoms with Crippen LogP contribution in [0.3, 0.4) is 0 Å². The lowest BCUT2D eigenvalue weighted by Crippen LogP contribution is -2.37. The highest BCUT2D eigenvalue weighted by atomic mass is 32.1. The van der Waals surface area contributed by atoms with Gasteiger partial charge in [0.2, 0.25) is 0 Å². The average molecular weight is 394 g/mol. The molecule has 28 heavy (non-hydrogen) atoms. The van der Waals surface area contributed by atoms with Crippen molar-refractivity contribution in [1.82, 2.24) is 9.97 Å². The van der Waals surface area contributed by atoms with Crippen molar-refractivity contribution in [2.75, 3.05) is 11.9 Å². The van der Waals surface area contributed by atoms with Gasteiger partial charge >= 0.3 is 0 Å². The standard InChI is InChI=1S/C22H23N3O2S/c1-22(2,3)20(13-26)25-21-24-17-9-8-14(12-19(17)28-21)27-18-10-11-23-16-7-5-4-6-15(16)18/h4-12,20,26H,13H2,1-3H3,(H,24,25)/t20-/m1/s1. The highest BCUT2D eigenvalue weighted by Crippen LogP contribution is 2.34. The lowest BCUT2D eigenvalue weighted by Gasteiger charge is -2.29. The van der Waals surface area contributed by atoms with E-state index in [1.54, 1.807) is 17.5 Å². The molecule has 0 unspecified atom stereocenters. The summed E-state index contributed by atoms with van der Waals surface area (Å²) in [4.78, 5) is 9.02. The molecule has 0 bridgehead atoms. The number of ether oxygens (including phenoxy) is 1. The summed E-state index contributed by atoms with van der Waals surface area (Å²) < 4.78 is 7.18. The number of para-hydroxylation sites is 1. The first-order valence-electron chi connectivity index (χ1n) is 9.23. The summed E-state index contributed by atoms with van der Waals surface area (Å²) in [6.45, 7) is 6.35. The van der Waals surface area contributed by atoms with Crippen molar-refractivity contribution in [2.24, 2.45) is 5.41 Å². The van der Waals surface area contributed by atoms with Crippen molar-refractivity contribution in [3.8, 4) is 11.5 Å². The summed E-state index contributed by atoms with van der Waals surface area (Å²) in [6, 6.07) is 15.6. The van der Waals surface area contributed by atoms with E-state index < -0.39 is 0 Å². The van der Waals surface area contributed by atoms with Crippen LogP contribution >= 0.6 is 11.3 Å². The van der Waals surface area contributed by atoms with Gasteiger partial charge in [0.1, 0.15) is 11.5 Å². The summed E-state index contributed by atoms with van der Waals surface area (Å²) in [6.07, 6.45) is 1.76. The van der Waals surface area contributed by atoms with Crippen LogP contribution in [-0.2, 0) is 0 Å². The van der Waals surface area contributed by atoms with E-state index in [2.05, 4.69) is 36.1 Å². The van der Waals surface area contributed by atoms with Crippen LogP contribution in [0.15, 0.2) is 54.7 Å². The highest BCUT2D eigenvalue weighted by Gasteiger charge is 2.24. The minimum atomic E-state index is -0.0662. The highest BCUT2D eigenvalue weighted by molar-refractivity contribution is 7.22. The van der Waals surface area contributed by atoms with Gasteiger partial charge in [-0.05, 0) is 35.7 Å². The molecular formula is C22H23N3O2S. The van der Waals surface area contributed by atoms with Gasteiger partial charge < -0.3 is 15.2 Å². The third kappa shape index (κ3) is 3.79. The molecule has 0 saturated heterocycles. The molecule has 2 heterocycles. The Labute approximate surface area is 168 Å². The average Bonchev–Trinajstić information content (AvgIpc) is 3.07. The molecule has 0 aliphatic heterocycles. The van der Waals surface area contributed by atoms with Crippen LogP contribution < -0.4 is 10.1 Å². The van der Waals surface area contributed by atoms with Crippen molar-refractivity contribution >= 4 is 37.6 Å². The fraction of sp³-hybridized carbons (Fsp3) is 0.273. The van der Waals surface area contributed by atoms with Gasteiger partial charge in [-0.2, -0.15) is 0 Å². The molecule has 144 valence electrons. The zero-order valence-electron chi connectivity index (χ0n) is 16.1. The van der Waals surface area contributed by atoms with Crippen LogP contribution in [0.2, 0.25) is 0 Å². The van der Waals surface area contributed by atoms with E-state index in [4.69, 9.17) is 4.74 Å². The van der Waals surface area contributed by atoms with Crippen molar-refractivity contribution in [2.45, 2.75) is 26.8 Å². The molecule has 0 saturated carbocycles. The second-order valence-corrected chi connectivity index (χ2v) is 8.85. The predicted octanol–water partition coefficient (Wildman–Crippen LogP) is 5.46. The molecule has 5 nitrogen and oxygen atoms in total. The summed E-state index contributed by atoms with van der Waals surface area (Å²) in [5.74, 6) is 1.54. The van der Waals surface area contributed by atoms with Crippen LogP contribution in [0.25, 0.3) is 21.1 Å². The van der Waals surface area contributed by atoms with E-state index in [9.17, 15) is 5.11 Å². The van der Waals surface area contributed by atoms with Gasteiger partial charge in [-0.25, -0.2) is 4.98 Å². The summed E-state index contributed by atoms with van der Waals surface area (Å²) >= 11 is 1.56. The molecule has 0 aliphatic carbocycles. The first kappa shape index (κ1) is 18.7. The molecule has 4 aromatic rings. The number of thiazole rings is 1. The monoisotopic (exact) mass is 393 g/mol. The van der Waals surface area contributed by atoms with Crippen molar-refractivity contribution in [3.63, 3.8) is 0 Å². The second-order valence-electron chi connectivity index (χ2n) is 7.82. The Kier molecular flexibility index (Phi) is 4.91. The smallest absolute Gasteiger partial charge is 0.184 e. The van der Waals surface area contributed by atoms with Gasteiger partial charge in [-0.1, -0.05) is 44.2 Å². The Hall–Kier alpha value is -2.70. The Morgan fingerprint density at radius 3 is 2.71 bits per heavy atom. The number of pyridine rings is 1. The maximum absolute atomic E-state index is 9.68. The van der Waals surface area contributed by atoms with Crippen LogP contribution in [0, 0.1) is 5.41 Å². The summed E-state index contributed by atoms with van der Waals surface area (Å²) in [5, 5.41) is 14.8. The first-order valence-corrected chi connectivity index (χ1v) is 10.1. The van der Waals surface area contributed by atoms with Gasteiger partial charge in [0.15, 0.2) is 5.13 Å². The minimum absolute atomic E-state index is 0.0584. The maximum atomic E-state index is 9.68. The van der Waals surface area contributed by atoms with Gasteiger partial charge in [-0.3, -0.25) is 4.98 Å². The molecule has 0 amide bonds. The molecule has 1 atom stereocenters. The summed E-state index contributed by atoms with van der Waals surface area (Å²) in [7, 11) is 0. The van der Waals surface area contributed by atoms with Crippen LogP contribution in [0.1, 0.15) is 20.8 Å². The quantitative estimate of drug-likeness (QED) is 0.471. The Morgan fingerprint density at radius 2 is 1.93 bits per heavy atom. The van der Waals surface area contributed by atoms with E-state index in [0.29, 0.717) is 0 Å². The Bertz CT molecular complexity index is 1110. The molecule has 4 rings (SSSR count). The molecule has 2 N–H and O–H groups in total. The maximum Gasteiger partial charge on any atom is 0.184 e. The zero-order valence-corrected chi connectivity index (χ0v) is 17.0. The number of hydrogen-bond donors (Lipinski definition) is 2. The number of fused-ring (bicyclic) bond motifs is 2. The van der Waals surface area contributed by atoms with E-state index in [1.807, 2.05) is 48.5 Å². The SMILES string of the molecule is CC(C)(C)[C@@H](CO)Nc1nc2ccc(Oc3ccnc4ccccc34)cc2s1. The largest absolute Gasteiger partial charge is 0.457 e. The molecule has 2 aromatic heterocycles. The number of aliphatic hydroxyl groups excluding tert-OH is 1. The van der Waals surface area contributed by atoms with Crippen LogP contribution in [0.5, 0.6) is 11.5 Å². The normalized spacial score (nSPS) is 13.0. The molecule has 2 aromatic carbocycles. The van der Waals surface area contributed by atoms with Crippen LogP contribution in [0.4, 0.5) is 5.13 Å². The summed E-state index contributed by atoms with van der Waals surface area (Å²) in [5.41, 5.74) is 1.75. The minimum Gasteiger partial charge on any atom is -0.457 e. The number of anilines is 1. The van der Waals surface area contributed by atoms with Crippen LogP contribution in [-0.4, -0.2) is 27.7 Å². The first-order chi connectivity index (χ1) is 13.4. The van der Waals surface area contributed by atoms with E-state index >= 15 is 0 Å². The van der Waals surface area contributed by atoms with Gasteiger partial charge in [0.05, 0.1) is 28.4 Å². The van der Waals surface area contributed by atoms with E-state index in [-0.39, 0.29) is 18.1 Å². The van der Waals surface area contributed by atoms with Crippen molar-refractivity contribution in [3.05, 3.63) is 54.7 Å². The van der Waals surface area contributed by atoms with Gasteiger partial charge in [0.25, 0.3) is 0 Å². The molecule has 0 spiro atoms. The molecule has 0 aliphatic rings. The number of nitrogens with zero attached hydrogens (tertiary/aromatic N) is 2. The predicted molar refractivity (Wildman–Crippen MR) is 115 cm³/mol. The second kappa shape index (κ2) is 7.37. The van der Waals surface area contributed by atoms with E-state index in [0.717, 1.165) is 37.8 Å². The number of hydrogen-bond acceptors (Lipinski definition) is 6. The number of nitrogens with one attached hydrogen (secondary N) is 1. The Balaban J connectivity index is 1.61. The fourth-order valence-electron chi connectivity index (χ4n) is 3.00. The van der Waals surface area contributed by atoms with E-state index in [1.165, 1.54) is 0 Å². The Morgan fingerprint density at radius 1 is 1.11 bits per heavy atom. The molecular weight excluding hydrogens is 370 g/mol. The number of benzene rings is 2. The zero-order chi connectivity index (χ0) is 19.7. The molecule has 6 heteroatoms. The van der Waals surface area contributed by atoms with Crippen molar-refractivity contribution in [1.29, 1.82) is 0 Å².